The van der Waals surface area contributed by atoms with Crippen LogP contribution in [0.25, 0.3) is 6.08 Å². The molecule has 0 saturated carbocycles. The fraction of sp³-hybridized carbons (Fsp3) is 0.308. The molecule has 1 unspecified atom stereocenters. The van der Waals surface area contributed by atoms with Gasteiger partial charge in [0.2, 0.25) is 5.91 Å². The highest BCUT2D eigenvalue weighted by Crippen LogP contribution is 2.13. The highest BCUT2D eigenvalue weighted by atomic mass is 16.6. The lowest BCUT2D eigenvalue weighted by molar-refractivity contribution is -0.384. The summed E-state index contributed by atoms with van der Waals surface area (Å²) in [5.74, 6) is -0.299. The van der Waals surface area contributed by atoms with Crippen LogP contribution in [0.15, 0.2) is 30.3 Å². The average Bonchev–Trinajstić information content (AvgIpc) is 2.37. The summed E-state index contributed by atoms with van der Waals surface area (Å²) in [4.78, 5) is 21.6. The number of nitro benzene ring substituents is 1. The summed E-state index contributed by atoms with van der Waals surface area (Å²) in [5.41, 5.74) is 0.565. The minimum Gasteiger partial charge on any atom is -0.396 e. The Morgan fingerprint density at radius 3 is 2.95 bits per heavy atom. The molecule has 0 saturated heterocycles. The molecule has 19 heavy (non-hydrogen) atoms. The molecule has 0 radical (unpaired) electrons. The van der Waals surface area contributed by atoms with E-state index in [1.165, 1.54) is 24.3 Å². The minimum atomic E-state index is -0.485. The molecule has 102 valence electrons. The summed E-state index contributed by atoms with van der Waals surface area (Å²) in [5, 5.41) is 22.0. The molecule has 1 atom stereocenters. The van der Waals surface area contributed by atoms with Crippen LogP contribution in [0.4, 0.5) is 5.69 Å². The molecule has 1 rings (SSSR count). The predicted octanol–water partition coefficient (Wildman–Crippen LogP) is 1.50. The Hall–Kier alpha value is -2.21. The van der Waals surface area contributed by atoms with E-state index >= 15 is 0 Å². The zero-order valence-corrected chi connectivity index (χ0v) is 10.6. The maximum absolute atomic E-state index is 11.5. The van der Waals surface area contributed by atoms with Crippen LogP contribution in [0.1, 0.15) is 18.9 Å². The van der Waals surface area contributed by atoms with Gasteiger partial charge < -0.3 is 10.4 Å². The van der Waals surface area contributed by atoms with E-state index in [1.54, 1.807) is 19.1 Å². The Bertz CT molecular complexity index is 485. The van der Waals surface area contributed by atoms with Gasteiger partial charge in [0.25, 0.3) is 5.69 Å². The number of carbonyl (C=O) groups excluding carboxylic acids is 1. The molecule has 6 heteroatoms. The fourth-order valence-corrected chi connectivity index (χ4v) is 1.47. The third-order valence-electron chi connectivity index (χ3n) is 2.46. The van der Waals surface area contributed by atoms with Crippen molar-refractivity contribution < 1.29 is 14.8 Å². The van der Waals surface area contributed by atoms with Crippen LogP contribution >= 0.6 is 0 Å². The number of nitrogens with zero attached hydrogens (tertiary/aromatic N) is 1. The van der Waals surface area contributed by atoms with Gasteiger partial charge in [-0.3, -0.25) is 14.9 Å². The maximum atomic E-state index is 11.5. The van der Waals surface area contributed by atoms with Crippen molar-refractivity contribution in [2.75, 3.05) is 6.61 Å². The Labute approximate surface area is 110 Å². The lowest BCUT2D eigenvalue weighted by Gasteiger charge is -2.09. The molecule has 0 spiro atoms. The van der Waals surface area contributed by atoms with Crippen LogP contribution in [0.5, 0.6) is 0 Å². The number of carbonyl (C=O) groups is 1. The van der Waals surface area contributed by atoms with Crippen LogP contribution in [-0.2, 0) is 4.79 Å². The maximum Gasteiger partial charge on any atom is 0.270 e. The van der Waals surface area contributed by atoms with Gasteiger partial charge in [0.05, 0.1) is 4.92 Å². The third kappa shape index (κ3) is 5.31. The molecule has 0 aliphatic heterocycles. The highest BCUT2D eigenvalue weighted by Gasteiger charge is 2.05. The molecule has 0 heterocycles. The largest absolute Gasteiger partial charge is 0.396 e. The Kier molecular flexibility index (Phi) is 5.69. The SMILES string of the molecule is CC(CCO)NC(=O)/C=C/c1cccc([N+](=O)[O-])c1. The van der Waals surface area contributed by atoms with E-state index in [2.05, 4.69) is 5.32 Å². The van der Waals surface area contributed by atoms with E-state index in [0.717, 1.165) is 0 Å². The van der Waals surface area contributed by atoms with Crippen molar-refractivity contribution >= 4 is 17.7 Å². The van der Waals surface area contributed by atoms with Crippen molar-refractivity contribution in [3.8, 4) is 0 Å². The van der Waals surface area contributed by atoms with Gasteiger partial charge in [-0.25, -0.2) is 0 Å². The second-order valence-corrected chi connectivity index (χ2v) is 4.11. The standard InChI is InChI=1S/C13H16N2O4/c1-10(7-8-16)14-13(17)6-5-11-3-2-4-12(9-11)15(18)19/h2-6,9-10,16H,7-8H2,1H3,(H,14,17)/b6-5+. The van der Waals surface area contributed by atoms with Crippen LogP contribution in [-0.4, -0.2) is 28.6 Å². The van der Waals surface area contributed by atoms with Crippen LogP contribution in [0.3, 0.4) is 0 Å². The summed E-state index contributed by atoms with van der Waals surface area (Å²) >= 11 is 0. The number of amides is 1. The number of hydrogen-bond acceptors (Lipinski definition) is 4. The molecule has 0 aromatic heterocycles. The van der Waals surface area contributed by atoms with E-state index < -0.39 is 4.92 Å². The molecule has 0 aliphatic carbocycles. The van der Waals surface area contributed by atoms with Crippen molar-refractivity contribution in [2.24, 2.45) is 0 Å². The molecule has 0 bridgehead atoms. The van der Waals surface area contributed by atoms with Gasteiger partial charge >= 0.3 is 0 Å². The monoisotopic (exact) mass is 264 g/mol. The first kappa shape index (κ1) is 14.8. The molecule has 1 amide bonds. The Morgan fingerprint density at radius 1 is 1.58 bits per heavy atom. The average molecular weight is 264 g/mol. The molecule has 1 aromatic rings. The Balaban J connectivity index is 2.63. The third-order valence-corrected chi connectivity index (χ3v) is 2.46. The van der Waals surface area contributed by atoms with Gasteiger partial charge in [0.15, 0.2) is 0 Å². The number of nitrogens with one attached hydrogen (secondary N) is 1. The number of nitro groups is 1. The van der Waals surface area contributed by atoms with E-state index in [9.17, 15) is 14.9 Å². The Morgan fingerprint density at radius 2 is 2.32 bits per heavy atom. The first-order chi connectivity index (χ1) is 9.02. The second kappa shape index (κ2) is 7.27. The van der Waals surface area contributed by atoms with Gasteiger partial charge in [0.1, 0.15) is 0 Å². The number of benzene rings is 1. The summed E-state index contributed by atoms with van der Waals surface area (Å²) < 4.78 is 0. The van der Waals surface area contributed by atoms with E-state index in [4.69, 9.17) is 5.11 Å². The first-order valence-electron chi connectivity index (χ1n) is 5.87. The summed E-state index contributed by atoms with van der Waals surface area (Å²) in [7, 11) is 0. The van der Waals surface area contributed by atoms with Crippen molar-refractivity contribution in [3.63, 3.8) is 0 Å². The van der Waals surface area contributed by atoms with E-state index in [0.29, 0.717) is 12.0 Å². The smallest absolute Gasteiger partial charge is 0.270 e. The minimum absolute atomic E-state index is 0.00996. The van der Waals surface area contributed by atoms with Gasteiger partial charge in [-0.1, -0.05) is 12.1 Å². The summed E-state index contributed by atoms with van der Waals surface area (Å²) in [6, 6.07) is 5.90. The zero-order valence-electron chi connectivity index (χ0n) is 10.6. The second-order valence-electron chi connectivity index (χ2n) is 4.11. The van der Waals surface area contributed by atoms with E-state index in [-0.39, 0.29) is 24.2 Å². The van der Waals surface area contributed by atoms with Crippen molar-refractivity contribution in [2.45, 2.75) is 19.4 Å². The highest BCUT2D eigenvalue weighted by molar-refractivity contribution is 5.91. The fourth-order valence-electron chi connectivity index (χ4n) is 1.47. The van der Waals surface area contributed by atoms with Gasteiger partial charge in [-0.15, -0.1) is 0 Å². The van der Waals surface area contributed by atoms with Crippen molar-refractivity contribution in [3.05, 3.63) is 46.0 Å². The molecular formula is C13H16N2O4. The first-order valence-corrected chi connectivity index (χ1v) is 5.87. The lowest BCUT2D eigenvalue weighted by atomic mass is 10.2. The molecule has 0 aliphatic rings. The van der Waals surface area contributed by atoms with Crippen molar-refractivity contribution in [1.82, 2.24) is 5.32 Å². The van der Waals surface area contributed by atoms with Crippen LogP contribution in [0.2, 0.25) is 0 Å². The van der Waals surface area contributed by atoms with Crippen molar-refractivity contribution in [1.29, 1.82) is 0 Å². The zero-order chi connectivity index (χ0) is 14.3. The molecule has 2 N–H and O–H groups in total. The number of aliphatic hydroxyl groups is 1. The molecular weight excluding hydrogens is 248 g/mol. The van der Waals surface area contributed by atoms with E-state index in [1.807, 2.05) is 0 Å². The number of rotatable bonds is 6. The van der Waals surface area contributed by atoms with Gasteiger partial charge in [0, 0.05) is 30.9 Å². The summed E-state index contributed by atoms with van der Waals surface area (Å²) in [6.45, 7) is 1.80. The van der Waals surface area contributed by atoms with Crippen LogP contribution < -0.4 is 5.32 Å². The summed E-state index contributed by atoms with van der Waals surface area (Å²) in [6.07, 6.45) is 3.30. The molecule has 0 fully saturated rings. The quantitative estimate of drug-likeness (QED) is 0.462. The predicted molar refractivity (Wildman–Crippen MR) is 71.4 cm³/mol. The lowest BCUT2D eigenvalue weighted by Crippen LogP contribution is -2.31. The number of hydrogen-bond donors (Lipinski definition) is 2. The topological polar surface area (TPSA) is 92.5 Å². The van der Waals surface area contributed by atoms with Crippen LogP contribution in [0, 0.1) is 10.1 Å². The molecule has 1 aromatic carbocycles. The normalized spacial score (nSPS) is 12.3. The molecule has 6 nitrogen and oxygen atoms in total. The number of aliphatic hydroxyl groups excluding tert-OH is 1. The van der Waals surface area contributed by atoms with Gasteiger partial charge in [-0.2, -0.15) is 0 Å². The number of non-ortho nitro benzene ring substituents is 1. The van der Waals surface area contributed by atoms with Gasteiger partial charge in [-0.05, 0) is 25.0 Å².